The fourth-order valence-corrected chi connectivity index (χ4v) is 2.83. The van der Waals surface area contributed by atoms with E-state index < -0.39 is 12.0 Å². The van der Waals surface area contributed by atoms with Gasteiger partial charge in [0.05, 0.1) is 0 Å². The van der Waals surface area contributed by atoms with Gasteiger partial charge in [-0.05, 0) is 39.7 Å². The minimum atomic E-state index is -1.00. The van der Waals surface area contributed by atoms with Crippen molar-refractivity contribution in [3.05, 3.63) is 20.8 Å². The van der Waals surface area contributed by atoms with Gasteiger partial charge in [-0.25, -0.2) is 4.79 Å². The first-order chi connectivity index (χ1) is 7.91. The van der Waals surface area contributed by atoms with E-state index in [-0.39, 0.29) is 11.8 Å². The molecule has 1 aromatic rings. The van der Waals surface area contributed by atoms with Crippen LogP contribution in [0.5, 0.6) is 0 Å². The maximum atomic E-state index is 11.8. The molecule has 2 N–H and O–H groups in total. The third-order valence-corrected chi connectivity index (χ3v) is 3.97. The van der Waals surface area contributed by atoms with Crippen LogP contribution in [0.2, 0.25) is 0 Å². The van der Waals surface area contributed by atoms with Gasteiger partial charge in [0.1, 0.15) is 10.9 Å². The Bertz CT molecular complexity index is 417. The Labute approximate surface area is 112 Å². The molecular weight excluding hydrogens is 306 g/mol. The Hall–Kier alpha value is -0.880. The smallest absolute Gasteiger partial charge is 0.326 e. The summed E-state index contributed by atoms with van der Waals surface area (Å²) in [6, 6.07) is 0.925. The van der Waals surface area contributed by atoms with Gasteiger partial charge in [0, 0.05) is 4.47 Å². The zero-order valence-electron chi connectivity index (χ0n) is 9.57. The molecule has 0 aliphatic rings. The minimum absolute atomic E-state index is 0.211. The van der Waals surface area contributed by atoms with E-state index in [1.165, 1.54) is 11.3 Å². The number of amides is 1. The highest BCUT2D eigenvalue weighted by Crippen LogP contribution is 2.22. The number of rotatable bonds is 5. The number of carbonyl (C=O) groups is 2. The number of carbonyl (C=O) groups excluding carboxylic acids is 1. The summed E-state index contributed by atoms with van der Waals surface area (Å²) >= 11 is 4.53. The fourth-order valence-electron chi connectivity index (χ4n) is 1.37. The summed E-state index contributed by atoms with van der Waals surface area (Å²) in [7, 11) is 0. The molecule has 1 aromatic heterocycles. The highest BCUT2D eigenvalue weighted by molar-refractivity contribution is 9.10. The lowest BCUT2D eigenvalue weighted by Crippen LogP contribution is -2.41. The van der Waals surface area contributed by atoms with Crippen molar-refractivity contribution in [2.75, 3.05) is 0 Å². The van der Waals surface area contributed by atoms with Crippen molar-refractivity contribution >= 4 is 39.1 Å². The second-order valence-corrected chi connectivity index (χ2v) is 5.86. The van der Waals surface area contributed by atoms with Crippen molar-refractivity contribution in [2.45, 2.75) is 26.3 Å². The third kappa shape index (κ3) is 4.12. The Morgan fingerprint density at radius 1 is 1.53 bits per heavy atom. The van der Waals surface area contributed by atoms with Gasteiger partial charge in [-0.1, -0.05) is 13.8 Å². The molecule has 4 nitrogen and oxygen atoms in total. The average Bonchev–Trinajstić information content (AvgIpc) is 2.62. The Kier molecular flexibility index (Phi) is 5.14. The van der Waals surface area contributed by atoms with Crippen LogP contribution in [0, 0.1) is 5.92 Å². The molecule has 0 fully saturated rings. The predicted molar refractivity (Wildman–Crippen MR) is 70.4 cm³/mol. The number of aliphatic carboxylic acids is 1. The van der Waals surface area contributed by atoms with Gasteiger partial charge in [-0.3, -0.25) is 4.79 Å². The summed E-state index contributed by atoms with van der Waals surface area (Å²) in [6.45, 7) is 3.84. The van der Waals surface area contributed by atoms with Crippen molar-refractivity contribution in [1.29, 1.82) is 0 Å². The number of nitrogens with one attached hydrogen (secondary N) is 1. The van der Waals surface area contributed by atoms with Crippen LogP contribution in [0.4, 0.5) is 0 Å². The zero-order chi connectivity index (χ0) is 13.0. The van der Waals surface area contributed by atoms with Gasteiger partial charge in [0.2, 0.25) is 0 Å². The number of hydrogen-bond acceptors (Lipinski definition) is 3. The molecule has 0 bridgehead atoms. The van der Waals surface area contributed by atoms with Gasteiger partial charge in [-0.15, -0.1) is 11.3 Å². The number of halogens is 1. The maximum Gasteiger partial charge on any atom is 0.326 e. The molecule has 0 aromatic carbocycles. The van der Waals surface area contributed by atoms with Crippen molar-refractivity contribution in [3.63, 3.8) is 0 Å². The van der Waals surface area contributed by atoms with Gasteiger partial charge >= 0.3 is 5.97 Å². The van der Waals surface area contributed by atoms with E-state index in [0.717, 1.165) is 0 Å². The highest BCUT2D eigenvalue weighted by atomic mass is 79.9. The summed E-state index contributed by atoms with van der Waals surface area (Å²) in [4.78, 5) is 23.3. The van der Waals surface area contributed by atoms with Crippen LogP contribution in [0.1, 0.15) is 29.9 Å². The molecule has 94 valence electrons. The molecule has 1 atom stereocenters. The molecule has 0 spiro atoms. The number of thiophene rings is 1. The number of carboxylic acids is 1. The summed E-state index contributed by atoms with van der Waals surface area (Å²) in [5.41, 5.74) is 0. The van der Waals surface area contributed by atoms with Crippen LogP contribution in [0.25, 0.3) is 0 Å². The van der Waals surface area contributed by atoms with E-state index in [1.54, 1.807) is 11.4 Å². The van der Waals surface area contributed by atoms with E-state index in [0.29, 0.717) is 15.8 Å². The zero-order valence-corrected chi connectivity index (χ0v) is 12.0. The molecule has 17 heavy (non-hydrogen) atoms. The largest absolute Gasteiger partial charge is 0.480 e. The van der Waals surface area contributed by atoms with Crippen LogP contribution in [0.15, 0.2) is 15.9 Å². The molecule has 1 rings (SSSR count). The quantitative estimate of drug-likeness (QED) is 0.877. The average molecular weight is 320 g/mol. The summed E-state index contributed by atoms with van der Waals surface area (Å²) in [5, 5.41) is 13.3. The molecule has 6 heteroatoms. The predicted octanol–water partition coefficient (Wildman–Crippen LogP) is 2.74. The van der Waals surface area contributed by atoms with Crippen molar-refractivity contribution < 1.29 is 14.7 Å². The molecule has 0 aliphatic carbocycles. The maximum absolute atomic E-state index is 11.8. The van der Waals surface area contributed by atoms with Crippen molar-refractivity contribution in [2.24, 2.45) is 5.92 Å². The van der Waals surface area contributed by atoms with Gasteiger partial charge < -0.3 is 10.4 Å². The van der Waals surface area contributed by atoms with Crippen LogP contribution >= 0.6 is 27.3 Å². The molecule has 0 radical (unpaired) electrons. The lowest BCUT2D eigenvalue weighted by atomic mass is 10.0. The fraction of sp³-hybridized carbons (Fsp3) is 0.455. The summed E-state index contributed by atoms with van der Waals surface area (Å²) < 4.78 is 0.689. The summed E-state index contributed by atoms with van der Waals surface area (Å²) in [6.07, 6.45) is 0.421. The molecular formula is C11H14BrNO3S. The lowest BCUT2D eigenvalue weighted by molar-refractivity contribution is -0.139. The molecule has 1 amide bonds. The first-order valence-electron chi connectivity index (χ1n) is 5.18. The van der Waals surface area contributed by atoms with Crippen LogP contribution in [-0.2, 0) is 4.79 Å². The van der Waals surface area contributed by atoms with Crippen LogP contribution in [0.3, 0.4) is 0 Å². The molecule has 0 saturated carbocycles. The van der Waals surface area contributed by atoms with Gasteiger partial charge in [-0.2, -0.15) is 0 Å². The van der Waals surface area contributed by atoms with Crippen molar-refractivity contribution in [3.8, 4) is 0 Å². The Balaban J connectivity index is 2.71. The van der Waals surface area contributed by atoms with Crippen LogP contribution in [-0.4, -0.2) is 23.0 Å². The van der Waals surface area contributed by atoms with E-state index in [4.69, 9.17) is 5.11 Å². The topological polar surface area (TPSA) is 66.4 Å². The summed E-state index contributed by atoms with van der Waals surface area (Å²) in [5.74, 6) is -1.14. The normalized spacial score (nSPS) is 12.5. The van der Waals surface area contributed by atoms with E-state index in [2.05, 4.69) is 21.2 Å². The van der Waals surface area contributed by atoms with Gasteiger partial charge in [0.15, 0.2) is 0 Å². The number of hydrogen-bond donors (Lipinski definition) is 2. The lowest BCUT2D eigenvalue weighted by Gasteiger charge is -2.16. The third-order valence-electron chi connectivity index (χ3n) is 2.13. The second-order valence-electron chi connectivity index (χ2n) is 4.09. The Morgan fingerprint density at radius 2 is 2.18 bits per heavy atom. The van der Waals surface area contributed by atoms with Crippen molar-refractivity contribution in [1.82, 2.24) is 5.32 Å². The first kappa shape index (κ1) is 14.2. The molecule has 1 heterocycles. The Morgan fingerprint density at radius 3 is 2.59 bits per heavy atom. The standard InChI is InChI=1S/C11H14BrNO3S/c1-6(2)5-8(11(15)16)13-10(14)9-7(12)3-4-17-9/h3-4,6,8H,5H2,1-2H3,(H,13,14)(H,15,16)/t8-/m0/s1. The monoisotopic (exact) mass is 319 g/mol. The minimum Gasteiger partial charge on any atom is -0.480 e. The highest BCUT2D eigenvalue weighted by Gasteiger charge is 2.23. The van der Waals surface area contributed by atoms with E-state index in [1.807, 2.05) is 13.8 Å². The molecule has 0 saturated heterocycles. The van der Waals surface area contributed by atoms with E-state index in [9.17, 15) is 9.59 Å². The number of carboxylic acid groups (broad SMARTS) is 1. The van der Waals surface area contributed by atoms with E-state index >= 15 is 0 Å². The van der Waals surface area contributed by atoms with Crippen LogP contribution < -0.4 is 5.32 Å². The van der Waals surface area contributed by atoms with Gasteiger partial charge in [0.25, 0.3) is 5.91 Å². The molecule has 0 unspecified atom stereocenters. The second kappa shape index (κ2) is 6.16. The first-order valence-corrected chi connectivity index (χ1v) is 6.85. The molecule has 0 aliphatic heterocycles. The SMILES string of the molecule is CC(C)C[C@H](NC(=O)c1sccc1Br)C(=O)O.